The van der Waals surface area contributed by atoms with Gasteiger partial charge in [0, 0.05) is 59.0 Å². The molecule has 1 fully saturated rings. The predicted octanol–water partition coefficient (Wildman–Crippen LogP) is -1.55. The molecule has 296 valence electrons. The van der Waals surface area contributed by atoms with Crippen LogP contribution < -0.4 is 4.74 Å². The third kappa shape index (κ3) is 15.3. The van der Waals surface area contributed by atoms with Gasteiger partial charge in [-0.15, -0.1) is 0 Å². The quantitative estimate of drug-likeness (QED) is 0.0627. The number of aliphatic hydroxyl groups is 3. The zero-order valence-electron chi connectivity index (χ0n) is 29.8. The maximum absolute atomic E-state index is 12.7. The van der Waals surface area contributed by atoms with E-state index < -0.39 is 67.9 Å². The number of aliphatic carboxylic acids is 4. The maximum atomic E-state index is 12.7. The third-order valence-electron chi connectivity index (χ3n) is 9.06. The monoisotopic (exact) mass is 744 g/mol. The Morgan fingerprint density at radius 2 is 0.942 bits per heavy atom. The number of hydrogen-bond acceptors (Lipinski definition) is 14. The Morgan fingerprint density at radius 1 is 0.577 bits per heavy atom. The molecule has 4 atom stereocenters. The fourth-order valence-electron chi connectivity index (χ4n) is 6.07. The minimum absolute atomic E-state index is 0.0204. The van der Waals surface area contributed by atoms with E-state index in [2.05, 4.69) is 0 Å². The van der Waals surface area contributed by atoms with E-state index in [1.807, 2.05) is 31.2 Å². The Kier molecular flexibility index (Phi) is 21.2. The molecular weight excluding hydrogens is 688 g/mol. The molecule has 0 unspecified atom stereocenters. The molecule has 1 aromatic rings. The molecule has 0 saturated carbocycles. The molecule has 0 radical (unpaired) electrons. The van der Waals surface area contributed by atoms with Crippen molar-refractivity contribution in [2.75, 3.05) is 105 Å². The van der Waals surface area contributed by atoms with Gasteiger partial charge in [-0.25, -0.2) is 0 Å². The summed E-state index contributed by atoms with van der Waals surface area (Å²) in [6.45, 7) is 1.81. The van der Waals surface area contributed by atoms with Crippen LogP contribution in [0.2, 0.25) is 0 Å². The molecule has 2 rings (SSSR count). The molecule has 0 amide bonds. The van der Waals surface area contributed by atoms with E-state index >= 15 is 0 Å². The minimum atomic E-state index is -1.38. The lowest BCUT2D eigenvalue weighted by Gasteiger charge is -2.39. The summed E-state index contributed by atoms with van der Waals surface area (Å²) in [7, 11) is 0. The molecule has 18 heteroatoms. The second kappa shape index (κ2) is 24.7. The molecule has 0 aliphatic carbocycles. The largest absolute Gasteiger partial charge is 0.491 e. The van der Waals surface area contributed by atoms with Crippen LogP contribution in [-0.2, 0) is 35.1 Å². The van der Waals surface area contributed by atoms with Crippen LogP contribution in [0, 0.1) is 0 Å². The van der Waals surface area contributed by atoms with Crippen LogP contribution in [-0.4, -0.2) is 209 Å². The lowest BCUT2D eigenvalue weighted by molar-refractivity contribution is -0.149. The highest BCUT2D eigenvalue weighted by atomic mass is 16.5. The number of carboxylic acids is 4. The van der Waals surface area contributed by atoms with Crippen LogP contribution in [0.25, 0.3) is 0 Å². The molecule has 0 spiro atoms. The first kappa shape index (κ1) is 44.7. The first-order chi connectivity index (χ1) is 25.0. The molecule has 1 aliphatic rings. The normalized spacial score (nSPS) is 18.4. The number of carboxylic acid groups (broad SMARTS) is 4. The molecular formula is C34H56N4O14. The van der Waals surface area contributed by atoms with E-state index in [1.165, 1.54) is 14.7 Å². The molecule has 1 aromatic carbocycles. The number of carbonyl (C=O) groups is 4. The molecule has 0 bridgehead atoms. The molecule has 1 heterocycles. The van der Waals surface area contributed by atoms with Crippen molar-refractivity contribution >= 4 is 23.9 Å². The topological polar surface area (TPSA) is 251 Å². The van der Waals surface area contributed by atoms with Gasteiger partial charge >= 0.3 is 23.9 Å². The number of rotatable bonds is 23. The van der Waals surface area contributed by atoms with Crippen molar-refractivity contribution in [3.63, 3.8) is 0 Å². The number of benzene rings is 1. The average Bonchev–Trinajstić information content (AvgIpc) is 3.10. The summed E-state index contributed by atoms with van der Waals surface area (Å²) in [5, 5.41) is 69.5. The minimum Gasteiger partial charge on any atom is -0.491 e. The highest BCUT2D eigenvalue weighted by Gasteiger charge is 2.34. The van der Waals surface area contributed by atoms with Crippen LogP contribution in [0.4, 0.5) is 0 Å². The summed E-state index contributed by atoms with van der Waals surface area (Å²) in [6.07, 6.45) is 1.24. The second-order valence-corrected chi connectivity index (χ2v) is 12.3. The van der Waals surface area contributed by atoms with Crippen molar-refractivity contribution in [3.8, 4) is 5.75 Å². The highest BCUT2D eigenvalue weighted by Crippen LogP contribution is 2.17. The molecule has 52 heavy (non-hydrogen) atoms. The van der Waals surface area contributed by atoms with Crippen molar-refractivity contribution in [2.24, 2.45) is 0 Å². The van der Waals surface area contributed by atoms with Gasteiger partial charge in [0.25, 0.3) is 0 Å². The summed E-state index contributed by atoms with van der Waals surface area (Å²) >= 11 is 0. The number of aliphatic hydroxyl groups excluding tert-OH is 3. The summed E-state index contributed by atoms with van der Waals surface area (Å²) in [5.41, 5.74) is 0.960. The average molecular weight is 745 g/mol. The van der Waals surface area contributed by atoms with E-state index in [0.29, 0.717) is 51.6 Å². The maximum Gasteiger partial charge on any atom is 0.323 e. The van der Waals surface area contributed by atoms with Crippen LogP contribution in [0.3, 0.4) is 0 Å². The fraction of sp³-hybridized carbons (Fsp3) is 0.706. The van der Waals surface area contributed by atoms with Crippen LogP contribution >= 0.6 is 0 Å². The van der Waals surface area contributed by atoms with Gasteiger partial charge in [0.05, 0.1) is 39.6 Å². The van der Waals surface area contributed by atoms with E-state index in [4.69, 9.17) is 14.2 Å². The summed E-state index contributed by atoms with van der Waals surface area (Å²) in [5.74, 6) is -4.43. The lowest BCUT2D eigenvalue weighted by atomic mass is 10.0. The fourth-order valence-corrected chi connectivity index (χ4v) is 6.07. The van der Waals surface area contributed by atoms with Gasteiger partial charge in [-0.3, -0.25) is 38.8 Å². The lowest BCUT2D eigenvalue weighted by Crippen LogP contribution is -2.57. The van der Waals surface area contributed by atoms with Crippen molar-refractivity contribution < 1.29 is 69.1 Å². The van der Waals surface area contributed by atoms with Crippen LogP contribution in [0.1, 0.15) is 25.3 Å². The number of nitrogens with zero attached hydrogens (tertiary/aromatic N) is 4. The number of aryl methyl sites for hydroxylation is 1. The Morgan fingerprint density at radius 3 is 1.31 bits per heavy atom. The Bertz CT molecular complexity index is 1170. The highest BCUT2D eigenvalue weighted by molar-refractivity contribution is 5.75. The van der Waals surface area contributed by atoms with Gasteiger partial charge < -0.3 is 50.0 Å². The van der Waals surface area contributed by atoms with E-state index in [9.17, 15) is 54.9 Å². The van der Waals surface area contributed by atoms with Crippen molar-refractivity contribution in [3.05, 3.63) is 29.8 Å². The second-order valence-electron chi connectivity index (χ2n) is 12.3. The smallest absolute Gasteiger partial charge is 0.323 e. The zero-order chi connectivity index (χ0) is 38.5. The van der Waals surface area contributed by atoms with Crippen LogP contribution in [0.5, 0.6) is 5.75 Å². The van der Waals surface area contributed by atoms with Crippen molar-refractivity contribution in [2.45, 2.75) is 50.4 Å². The van der Waals surface area contributed by atoms with Crippen molar-refractivity contribution in [1.82, 2.24) is 19.6 Å². The molecule has 0 aromatic heterocycles. The Balaban J connectivity index is 2.22. The summed E-state index contributed by atoms with van der Waals surface area (Å²) < 4.78 is 16.4. The summed E-state index contributed by atoms with van der Waals surface area (Å²) in [4.78, 5) is 54.6. The van der Waals surface area contributed by atoms with E-state index in [-0.39, 0.29) is 58.8 Å². The van der Waals surface area contributed by atoms with Gasteiger partial charge in [0.1, 0.15) is 36.5 Å². The third-order valence-corrected chi connectivity index (χ3v) is 9.06. The van der Waals surface area contributed by atoms with E-state index in [1.54, 1.807) is 4.90 Å². The number of hydrogen-bond donors (Lipinski definition) is 7. The van der Waals surface area contributed by atoms with Gasteiger partial charge in [-0.1, -0.05) is 12.1 Å². The molecule has 7 N–H and O–H groups in total. The van der Waals surface area contributed by atoms with Crippen molar-refractivity contribution in [1.29, 1.82) is 0 Å². The Labute approximate surface area is 303 Å². The standard InChI is InChI=1S/C34H56N4O14/c1-2-50-18-19-51-20-21-52-26-8-6-25(7-9-26)4-3-5-27(31(42)43)35-10-12-36(28(22-39)32(44)45)14-16-38(30(24-41)34(48)49)17-15-37(13-11-35)29(23-40)33(46)47/h6-9,27-30,39-41H,2-5,10-24H2,1H3,(H,42,43)(H,44,45)(H,46,47)(H,48,49)/t27-,28-,29+,30-/m1/s1. The first-order valence-corrected chi connectivity index (χ1v) is 17.5. The SMILES string of the molecule is CCOCCOCCOc1ccc(CCC[C@H](C(=O)O)N2CCN([C@H](CO)C(=O)O)CCN([C@H](CO)C(=O)O)CCN([C@@H](CO)C(=O)O)CC2)cc1. The molecule has 1 aliphatic heterocycles. The van der Waals surface area contributed by atoms with Gasteiger partial charge in [0.2, 0.25) is 0 Å². The van der Waals surface area contributed by atoms with Crippen LogP contribution in [0.15, 0.2) is 24.3 Å². The van der Waals surface area contributed by atoms with Gasteiger partial charge in [-0.2, -0.15) is 0 Å². The van der Waals surface area contributed by atoms with Gasteiger partial charge in [0.15, 0.2) is 0 Å². The predicted molar refractivity (Wildman–Crippen MR) is 185 cm³/mol. The molecule has 1 saturated heterocycles. The van der Waals surface area contributed by atoms with E-state index in [0.717, 1.165) is 5.56 Å². The van der Waals surface area contributed by atoms with Gasteiger partial charge in [-0.05, 0) is 43.9 Å². The summed E-state index contributed by atoms with van der Waals surface area (Å²) in [6, 6.07) is 2.29. The first-order valence-electron chi connectivity index (χ1n) is 17.5. The molecule has 18 nitrogen and oxygen atoms in total. The number of ether oxygens (including phenoxy) is 3. The Hall–Kier alpha value is -3.46. The zero-order valence-corrected chi connectivity index (χ0v) is 29.8.